The smallest absolute Gasteiger partial charge is 0.312 e. The van der Waals surface area contributed by atoms with E-state index in [1.54, 1.807) is 17.9 Å². The van der Waals surface area contributed by atoms with Gasteiger partial charge in [-0.3, -0.25) is 14.4 Å². The summed E-state index contributed by atoms with van der Waals surface area (Å²) in [6.07, 6.45) is 11.2. The van der Waals surface area contributed by atoms with Gasteiger partial charge in [0.15, 0.2) is 0 Å². The number of unbranched alkanes of at least 4 members (excludes halogenated alkanes) is 3. The van der Waals surface area contributed by atoms with Gasteiger partial charge in [-0.2, -0.15) is 0 Å². The summed E-state index contributed by atoms with van der Waals surface area (Å²) in [5.41, 5.74) is -0.963. The number of hydrogen-bond donors (Lipinski definition) is 1. The van der Waals surface area contributed by atoms with Crippen LogP contribution in [0.2, 0.25) is 0 Å². The van der Waals surface area contributed by atoms with Crippen LogP contribution in [-0.2, 0) is 23.9 Å². The number of aliphatic hydroxyl groups is 1. The maximum absolute atomic E-state index is 14.3. The summed E-state index contributed by atoms with van der Waals surface area (Å²) in [4.78, 5) is 44.8. The van der Waals surface area contributed by atoms with Gasteiger partial charge in [-0.25, -0.2) is 0 Å². The average Bonchev–Trinajstić information content (AvgIpc) is 3.50. The summed E-state index contributed by atoms with van der Waals surface area (Å²) in [5.74, 6) is -1.90. The Labute approximate surface area is 209 Å². The fourth-order valence-corrected chi connectivity index (χ4v) is 7.03. The number of carbonyl (C=O) groups excluding carboxylic acids is 3. The van der Waals surface area contributed by atoms with E-state index in [1.807, 2.05) is 4.90 Å². The molecule has 4 fully saturated rings. The van der Waals surface area contributed by atoms with E-state index in [4.69, 9.17) is 14.6 Å². The molecule has 0 aromatic heterocycles. The van der Waals surface area contributed by atoms with Crippen LogP contribution in [0.5, 0.6) is 0 Å². The van der Waals surface area contributed by atoms with Crippen molar-refractivity contribution >= 4 is 17.8 Å². The van der Waals surface area contributed by atoms with Crippen LogP contribution in [0.3, 0.4) is 0 Å². The van der Waals surface area contributed by atoms with Crippen molar-refractivity contribution in [2.75, 3.05) is 26.3 Å². The number of esters is 1. The highest BCUT2D eigenvalue weighted by Gasteiger charge is 2.75. The Morgan fingerprint density at radius 2 is 1.94 bits per heavy atom. The van der Waals surface area contributed by atoms with E-state index in [9.17, 15) is 14.4 Å². The Morgan fingerprint density at radius 1 is 1.20 bits per heavy atom. The molecule has 5 atom stereocenters. The highest BCUT2D eigenvalue weighted by Crippen LogP contribution is 2.59. The van der Waals surface area contributed by atoms with Crippen LogP contribution in [0.25, 0.3) is 0 Å². The molecule has 1 aliphatic carbocycles. The van der Waals surface area contributed by atoms with Gasteiger partial charge in [0.25, 0.3) is 0 Å². The van der Waals surface area contributed by atoms with E-state index < -0.39 is 23.5 Å². The molecule has 0 aromatic rings. The lowest BCUT2D eigenvalue weighted by Gasteiger charge is -2.40. The number of aliphatic hydroxyl groups excluding tert-OH is 1. The molecule has 1 saturated carbocycles. The third kappa shape index (κ3) is 4.76. The zero-order valence-corrected chi connectivity index (χ0v) is 21.2. The third-order valence-electron chi connectivity index (χ3n) is 8.52. The topological polar surface area (TPSA) is 96.4 Å². The fraction of sp³-hybridized carbons (Fsp3) is 0.815. The number of carbonyl (C=O) groups is 3. The van der Waals surface area contributed by atoms with Crippen molar-refractivity contribution in [3.05, 3.63) is 12.7 Å². The molecule has 2 bridgehead atoms. The number of ether oxygens (including phenoxy) is 2. The number of rotatable bonds is 12. The zero-order valence-electron chi connectivity index (χ0n) is 21.2. The summed E-state index contributed by atoms with van der Waals surface area (Å²) in [6, 6.07) is -0.574. The predicted molar refractivity (Wildman–Crippen MR) is 130 cm³/mol. The minimum atomic E-state index is -0.963. The molecule has 3 aliphatic heterocycles. The molecule has 2 amide bonds. The van der Waals surface area contributed by atoms with Gasteiger partial charge in [-0.05, 0) is 45.4 Å². The molecule has 0 radical (unpaired) electrons. The van der Waals surface area contributed by atoms with Gasteiger partial charge in [-0.15, -0.1) is 6.58 Å². The largest absolute Gasteiger partial charge is 0.466 e. The minimum Gasteiger partial charge on any atom is -0.466 e. The second-order valence-corrected chi connectivity index (χ2v) is 10.5. The molecule has 196 valence electrons. The van der Waals surface area contributed by atoms with E-state index in [0.29, 0.717) is 25.9 Å². The quantitative estimate of drug-likeness (QED) is 0.257. The van der Waals surface area contributed by atoms with E-state index >= 15 is 0 Å². The predicted octanol–water partition coefficient (Wildman–Crippen LogP) is 2.82. The number of nitrogens with zero attached hydrogens (tertiary/aromatic N) is 2. The second kappa shape index (κ2) is 11.4. The van der Waals surface area contributed by atoms with Crippen molar-refractivity contribution in [2.45, 2.75) is 101 Å². The van der Waals surface area contributed by atoms with Crippen molar-refractivity contribution in [3.8, 4) is 0 Å². The highest BCUT2D eigenvalue weighted by atomic mass is 16.6. The summed E-state index contributed by atoms with van der Waals surface area (Å²) in [6.45, 7) is 6.97. The first-order chi connectivity index (χ1) is 17.0. The third-order valence-corrected chi connectivity index (χ3v) is 8.52. The average molecular weight is 491 g/mol. The van der Waals surface area contributed by atoms with Gasteiger partial charge in [0.05, 0.1) is 24.5 Å². The van der Waals surface area contributed by atoms with E-state index in [2.05, 4.69) is 6.58 Å². The second-order valence-electron chi connectivity index (χ2n) is 10.5. The molecular weight excluding hydrogens is 448 g/mol. The van der Waals surface area contributed by atoms with Crippen LogP contribution in [0, 0.1) is 11.8 Å². The van der Waals surface area contributed by atoms with E-state index in [-0.39, 0.29) is 43.1 Å². The van der Waals surface area contributed by atoms with E-state index in [1.165, 1.54) is 6.42 Å². The van der Waals surface area contributed by atoms with Crippen LogP contribution in [0.1, 0.15) is 77.6 Å². The SMILES string of the molecule is C=CCN(C(=O)[C@@H]1N(CCCCCCO)C(=O)[C@H]2[C@H](C(=O)OCC)[C@@H]3CC[C@]12O3)C1CCCCC1. The maximum Gasteiger partial charge on any atom is 0.312 e. The summed E-state index contributed by atoms with van der Waals surface area (Å²) < 4.78 is 11.8. The van der Waals surface area contributed by atoms with Crippen molar-refractivity contribution in [2.24, 2.45) is 11.8 Å². The number of amides is 2. The maximum atomic E-state index is 14.3. The number of likely N-dealkylation sites (tertiary alicyclic amines) is 1. The lowest BCUT2D eigenvalue weighted by atomic mass is 9.70. The first-order valence-corrected chi connectivity index (χ1v) is 13.7. The van der Waals surface area contributed by atoms with Gasteiger partial charge in [0.1, 0.15) is 11.6 Å². The molecule has 35 heavy (non-hydrogen) atoms. The molecule has 0 unspecified atom stereocenters. The number of fused-ring (bicyclic) bond motifs is 1. The van der Waals surface area contributed by atoms with Crippen molar-refractivity contribution < 1.29 is 29.0 Å². The zero-order chi connectivity index (χ0) is 25.0. The monoisotopic (exact) mass is 490 g/mol. The van der Waals surface area contributed by atoms with Crippen LogP contribution in [-0.4, -0.2) is 82.8 Å². The summed E-state index contributed by atoms with van der Waals surface area (Å²) in [5, 5.41) is 9.09. The molecule has 8 nitrogen and oxygen atoms in total. The van der Waals surface area contributed by atoms with Crippen LogP contribution in [0.4, 0.5) is 0 Å². The fourth-order valence-electron chi connectivity index (χ4n) is 7.03. The van der Waals surface area contributed by atoms with Gasteiger partial charge in [-0.1, -0.05) is 38.2 Å². The van der Waals surface area contributed by atoms with Gasteiger partial charge in [0.2, 0.25) is 11.8 Å². The Morgan fingerprint density at radius 3 is 2.63 bits per heavy atom. The first kappa shape index (κ1) is 26.1. The molecule has 4 aliphatic rings. The normalized spacial score (nSPS) is 32.1. The Balaban J connectivity index is 1.64. The Kier molecular flexibility index (Phi) is 8.53. The van der Waals surface area contributed by atoms with Gasteiger partial charge >= 0.3 is 5.97 Å². The molecular formula is C27H42N2O6. The molecule has 1 spiro atoms. The minimum absolute atomic E-state index is 0.0619. The van der Waals surface area contributed by atoms with Crippen LogP contribution >= 0.6 is 0 Å². The molecule has 3 heterocycles. The molecule has 4 rings (SSSR count). The lowest BCUT2D eigenvalue weighted by molar-refractivity contribution is -0.155. The highest BCUT2D eigenvalue weighted by molar-refractivity contribution is 5.98. The molecule has 8 heteroatoms. The van der Waals surface area contributed by atoms with Crippen molar-refractivity contribution in [3.63, 3.8) is 0 Å². The van der Waals surface area contributed by atoms with Crippen molar-refractivity contribution in [1.29, 1.82) is 0 Å². The van der Waals surface area contributed by atoms with Crippen LogP contribution < -0.4 is 0 Å². The Bertz CT molecular complexity index is 797. The van der Waals surface area contributed by atoms with Crippen LogP contribution in [0.15, 0.2) is 12.7 Å². The number of hydrogen-bond acceptors (Lipinski definition) is 6. The first-order valence-electron chi connectivity index (χ1n) is 13.7. The summed E-state index contributed by atoms with van der Waals surface area (Å²) in [7, 11) is 0. The Hall–Kier alpha value is -1.93. The molecule has 1 N–H and O–H groups in total. The summed E-state index contributed by atoms with van der Waals surface area (Å²) >= 11 is 0. The van der Waals surface area contributed by atoms with Gasteiger partial charge in [0, 0.05) is 25.7 Å². The van der Waals surface area contributed by atoms with E-state index in [0.717, 1.165) is 51.4 Å². The molecule has 0 aromatic carbocycles. The van der Waals surface area contributed by atoms with Crippen molar-refractivity contribution in [1.82, 2.24) is 9.80 Å². The standard InChI is InChI=1S/C27H42N2O6/c1-3-16-28(19-12-8-7-9-13-19)25(32)23-27-15-14-20(35-27)21(26(33)34-4-2)22(27)24(31)29(23)17-10-5-6-11-18-30/h3,19-23,30H,1,4-18H2,2H3/t20-,21+,22+,23-,27+/m0/s1. The molecule has 3 saturated heterocycles. The van der Waals surface area contributed by atoms with Gasteiger partial charge < -0.3 is 24.4 Å². The lowest BCUT2D eigenvalue weighted by Crippen LogP contribution is -2.58.